The minimum atomic E-state index is -3.79. The van der Waals surface area contributed by atoms with Gasteiger partial charge >= 0.3 is 77.6 Å². The Kier molecular flexibility index (Phi) is 30.1. The zero-order chi connectivity index (χ0) is 76.5. The van der Waals surface area contributed by atoms with Crippen molar-refractivity contribution in [1.82, 2.24) is 0 Å². The van der Waals surface area contributed by atoms with Gasteiger partial charge in [0, 0.05) is 90.0 Å². The molecule has 0 aromatic heterocycles. The number of esters is 13. The molecule has 36 heteroatoms. The summed E-state index contributed by atoms with van der Waals surface area (Å²) >= 11 is 0. The average molecular weight is 1480 g/mol. The maximum Gasteiger partial charge on any atom is 0.303 e. The van der Waals surface area contributed by atoms with Crippen LogP contribution in [0.4, 0.5) is 0 Å². The first-order valence-electron chi connectivity index (χ1n) is 32.5. The topological polar surface area (TPSA) is 436 Å². The molecule has 4 saturated heterocycles. The molecule has 21 atom stereocenters. The van der Waals surface area contributed by atoms with Crippen molar-refractivity contribution in [3.63, 3.8) is 0 Å². The fraction of sp³-hybridized carbons (Fsp3) is 0.627. The van der Waals surface area contributed by atoms with Gasteiger partial charge in [-0.05, 0) is 15.4 Å². The SMILES string of the molecule is CC(=O)OC[C@@H]1O[C@H](O[C@@H]2[C@@H](O[C@H]3O[C@@H]([C@@H](COC(C)=O)OC(C)=O)[C@H](OC(C)=O)[C@H](OC(C)=O)[C@@H]3OC(C)=O)[C@H](OC(C)=O)[C@@H](O)O[C@@H]2CO[Si](c2ccccc2)(c2ccccc2)C(C)(C)C)[C@H](OC(C)=O)[C@@H](OC(C)=O)[C@H]1O[C@H]1O[C@@H](COC(C)=O)[C@@H](OC(C)=O)[C@H](OC(C)=O)[C@H]1OC(C)=O. The fourth-order valence-corrected chi connectivity index (χ4v) is 16.9. The van der Waals surface area contributed by atoms with Gasteiger partial charge in [-0.3, -0.25) is 62.3 Å². The van der Waals surface area contributed by atoms with Gasteiger partial charge in [-0.2, -0.15) is 0 Å². The van der Waals surface area contributed by atoms with Crippen molar-refractivity contribution in [3.8, 4) is 0 Å². The normalized spacial score (nSPS) is 29.4. The van der Waals surface area contributed by atoms with E-state index in [2.05, 4.69) is 0 Å². The monoisotopic (exact) mass is 1480 g/mol. The van der Waals surface area contributed by atoms with Gasteiger partial charge in [0.2, 0.25) is 0 Å². The van der Waals surface area contributed by atoms with E-state index < -0.39 is 246 Å². The Morgan fingerprint density at radius 1 is 0.359 bits per heavy atom. The van der Waals surface area contributed by atoms with E-state index in [-0.39, 0.29) is 0 Å². The van der Waals surface area contributed by atoms with E-state index in [0.717, 1.165) is 90.0 Å². The van der Waals surface area contributed by atoms with Gasteiger partial charge in [-0.25, -0.2) is 0 Å². The average Bonchev–Trinajstić information content (AvgIpc) is 0.748. The molecule has 4 heterocycles. The Morgan fingerprint density at radius 3 is 1.07 bits per heavy atom. The maximum atomic E-state index is 13.8. The lowest BCUT2D eigenvalue weighted by molar-refractivity contribution is -0.394. The Hall–Kier alpha value is -8.59. The molecule has 2 aromatic carbocycles. The van der Waals surface area contributed by atoms with Crippen LogP contribution in [-0.2, 0) is 161 Å². The summed E-state index contributed by atoms with van der Waals surface area (Å²) in [6.07, 6.45) is -42.9. The van der Waals surface area contributed by atoms with Crippen LogP contribution in [0.5, 0.6) is 0 Å². The molecule has 1 N–H and O–H groups in total. The summed E-state index contributed by atoms with van der Waals surface area (Å²) in [6.45, 7) is 14.9. The molecular formula is C67H88O35Si. The molecule has 103 heavy (non-hydrogen) atoms. The van der Waals surface area contributed by atoms with E-state index in [4.69, 9.17) is 99.2 Å². The van der Waals surface area contributed by atoms with Gasteiger partial charge < -0.3 is 104 Å². The van der Waals surface area contributed by atoms with Gasteiger partial charge in [0.25, 0.3) is 8.32 Å². The Bertz CT molecular complexity index is 3280. The van der Waals surface area contributed by atoms with Crippen LogP contribution in [0.3, 0.4) is 0 Å². The van der Waals surface area contributed by atoms with E-state index in [1.807, 2.05) is 45.0 Å². The summed E-state index contributed by atoms with van der Waals surface area (Å²) in [5.74, 6) is -13.7. The fourth-order valence-electron chi connectivity index (χ4n) is 12.3. The molecule has 35 nitrogen and oxygen atoms in total. The standard InChI is InChI=1S/C67H88O35Si/c1-31(68)82-27-46(86-34(4)71)51-54(88-36(6)73)58(91-39(9)76)62(95-43(13)80)66(101-51)102-55-53(49(96-63(81)59(55)92-40(10)77)30-85-103(67(14,15)16,44-23-19-17-20-24-44)45-25-21-18-22-26-45)100-65-61(94-42(12)79)57(90-38(8)75)52(48(98-65)29-84-33(3)70)99-64-60(93-41(11)78)56(89-37(7)74)50(87-35(5)72)47(97-64)28-83-32(2)69/h17-26,46-66,81H,27-30H2,1-16H3/t46-,47+,48+,49-,50-,51+,52+,53+,54+,55-,56+,57+,58+,59+,60-,61-,62+,63+,64-,65-,66-/m1/s1. The first-order chi connectivity index (χ1) is 48.3. The predicted molar refractivity (Wildman–Crippen MR) is 340 cm³/mol. The van der Waals surface area contributed by atoms with Crippen molar-refractivity contribution >= 4 is 96.3 Å². The van der Waals surface area contributed by atoms with Crippen molar-refractivity contribution in [2.75, 3.05) is 26.4 Å². The second kappa shape index (κ2) is 37.2. The number of hydrogen-bond acceptors (Lipinski definition) is 35. The lowest BCUT2D eigenvalue weighted by atomic mass is 9.93. The van der Waals surface area contributed by atoms with Crippen molar-refractivity contribution in [1.29, 1.82) is 0 Å². The number of carbonyl (C=O) groups is 13. The minimum absolute atomic E-state index is 0.686. The first-order valence-corrected chi connectivity index (χ1v) is 34.4. The van der Waals surface area contributed by atoms with Crippen molar-refractivity contribution in [2.45, 2.75) is 245 Å². The second-order valence-corrected chi connectivity index (χ2v) is 29.4. The van der Waals surface area contributed by atoms with Crippen LogP contribution in [0, 0.1) is 0 Å². The molecule has 0 saturated carbocycles. The van der Waals surface area contributed by atoms with Crippen LogP contribution < -0.4 is 10.4 Å². The molecule has 6 rings (SSSR count). The highest BCUT2D eigenvalue weighted by molar-refractivity contribution is 6.99. The Labute approximate surface area is 592 Å². The van der Waals surface area contributed by atoms with Crippen LogP contribution in [-0.4, -0.2) is 246 Å². The highest BCUT2D eigenvalue weighted by Crippen LogP contribution is 2.42. The van der Waals surface area contributed by atoms with Gasteiger partial charge in [0.1, 0.15) is 62.5 Å². The molecule has 4 fully saturated rings. The number of hydrogen-bond donors (Lipinski definition) is 1. The Morgan fingerprint density at radius 2 is 0.680 bits per heavy atom. The number of rotatable bonds is 28. The van der Waals surface area contributed by atoms with Crippen LogP contribution in [0.15, 0.2) is 60.7 Å². The highest BCUT2D eigenvalue weighted by Gasteiger charge is 2.63. The van der Waals surface area contributed by atoms with E-state index >= 15 is 0 Å². The smallest absolute Gasteiger partial charge is 0.303 e. The predicted octanol–water partition coefficient (Wildman–Crippen LogP) is 0.617. The highest BCUT2D eigenvalue weighted by atomic mass is 28.4. The van der Waals surface area contributed by atoms with Gasteiger partial charge in [-0.15, -0.1) is 0 Å². The lowest BCUT2D eigenvalue weighted by Gasteiger charge is -2.52. The zero-order valence-corrected chi connectivity index (χ0v) is 60.6. The third kappa shape index (κ3) is 22.7. The van der Waals surface area contributed by atoms with Crippen molar-refractivity contribution < 1.29 is 167 Å². The second-order valence-electron chi connectivity index (χ2n) is 25.1. The van der Waals surface area contributed by atoms with Gasteiger partial charge in [-0.1, -0.05) is 81.4 Å². The number of carbonyl (C=O) groups excluding carboxylic acids is 13. The number of aliphatic hydroxyl groups excluding tert-OH is 1. The van der Waals surface area contributed by atoms with Crippen LogP contribution in [0.2, 0.25) is 5.04 Å². The third-order valence-corrected chi connectivity index (χ3v) is 20.8. The van der Waals surface area contributed by atoms with E-state index in [9.17, 15) is 67.4 Å². The molecule has 0 radical (unpaired) electrons. The molecule has 4 aliphatic rings. The molecular weight excluding hydrogens is 1390 g/mol. The van der Waals surface area contributed by atoms with E-state index in [1.54, 1.807) is 36.4 Å². The molecule has 0 amide bonds. The van der Waals surface area contributed by atoms with Crippen LogP contribution in [0.1, 0.15) is 111 Å². The van der Waals surface area contributed by atoms with Crippen LogP contribution in [0.25, 0.3) is 0 Å². The molecule has 0 bridgehead atoms. The minimum Gasteiger partial charge on any atom is -0.463 e. The van der Waals surface area contributed by atoms with Gasteiger partial charge in [0.15, 0.2) is 86.2 Å². The molecule has 0 aliphatic carbocycles. The molecule has 2 aromatic rings. The lowest BCUT2D eigenvalue weighted by Crippen LogP contribution is -2.71. The van der Waals surface area contributed by atoms with E-state index in [1.165, 1.54) is 0 Å². The number of ether oxygens (including phenoxy) is 20. The quantitative estimate of drug-likeness (QED) is 0.0693. The summed E-state index contributed by atoms with van der Waals surface area (Å²) in [5.41, 5.74) is 0. The molecule has 4 aliphatic heterocycles. The summed E-state index contributed by atoms with van der Waals surface area (Å²) in [7, 11) is -3.79. The Balaban J connectivity index is 1.68. The maximum absolute atomic E-state index is 13.8. The summed E-state index contributed by atoms with van der Waals surface area (Å²) < 4.78 is 127. The number of aliphatic hydroxyl groups is 1. The summed E-state index contributed by atoms with van der Waals surface area (Å²) in [5, 5.41) is 13.0. The number of benzene rings is 2. The van der Waals surface area contributed by atoms with Gasteiger partial charge in [0.05, 0.1) is 6.61 Å². The van der Waals surface area contributed by atoms with Crippen molar-refractivity contribution in [2.24, 2.45) is 0 Å². The van der Waals surface area contributed by atoms with E-state index in [0.29, 0.717) is 10.4 Å². The van der Waals surface area contributed by atoms with Crippen LogP contribution >= 0.6 is 0 Å². The third-order valence-electron chi connectivity index (χ3n) is 15.8. The molecule has 0 unspecified atom stereocenters. The summed E-state index contributed by atoms with van der Waals surface area (Å²) in [6, 6.07) is 18.1. The summed E-state index contributed by atoms with van der Waals surface area (Å²) in [4.78, 5) is 170. The molecule has 0 spiro atoms. The first kappa shape index (κ1) is 83.4. The van der Waals surface area contributed by atoms with Crippen molar-refractivity contribution in [3.05, 3.63) is 60.7 Å². The molecule has 570 valence electrons. The zero-order valence-electron chi connectivity index (χ0n) is 59.6. The largest absolute Gasteiger partial charge is 0.463 e.